The summed E-state index contributed by atoms with van der Waals surface area (Å²) in [6.07, 6.45) is 0. The first-order chi connectivity index (χ1) is 14.2. The quantitative estimate of drug-likeness (QED) is 0.379. The van der Waals surface area contributed by atoms with Gasteiger partial charge in [0.25, 0.3) is 11.6 Å². The molecule has 0 fully saturated rings. The Bertz CT molecular complexity index is 962. The Morgan fingerprint density at radius 2 is 1.77 bits per heavy atom. The molecular formula is C19H19FN4O6. The highest BCUT2D eigenvalue weighted by atomic mass is 19.1. The van der Waals surface area contributed by atoms with E-state index in [4.69, 9.17) is 4.74 Å². The lowest BCUT2D eigenvalue weighted by Crippen LogP contribution is -2.35. The van der Waals surface area contributed by atoms with E-state index in [1.807, 2.05) is 0 Å². The van der Waals surface area contributed by atoms with E-state index in [0.29, 0.717) is 11.4 Å². The van der Waals surface area contributed by atoms with Crippen molar-refractivity contribution in [3.05, 3.63) is 64.0 Å². The third-order valence-corrected chi connectivity index (χ3v) is 3.80. The third kappa shape index (κ3) is 6.26. The van der Waals surface area contributed by atoms with Crippen LogP contribution >= 0.6 is 0 Å². The maximum atomic E-state index is 12.8. The van der Waals surface area contributed by atoms with Crippen molar-refractivity contribution in [3.8, 4) is 0 Å². The van der Waals surface area contributed by atoms with Crippen LogP contribution in [0.25, 0.3) is 0 Å². The lowest BCUT2D eigenvalue weighted by Gasteiger charge is -2.13. The molecule has 0 radical (unpaired) electrons. The minimum atomic E-state index is -0.922. The van der Waals surface area contributed by atoms with Crippen LogP contribution in [0.1, 0.15) is 10.4 Å². The summed E-state index contributed by atoms with van der Waals surface area (Å²) in [5, 5.41) is 15.9. The van der Waals surface area contributed by atoms with Gasteiger partial charge in [-0.05, 0) is 36.4 Å². The first kappa shape index (κ1) is 22.3. The SMILES string of the molecule is CN(C)c1ccc(C(=O)OCC(=O)NCC(=O)Nc2ccc(F)cc2)cc1[N+](=O)[O-]. The Balaban J connectivity index is 1.84. The second-order valence-electron chi connectivity index (χ2n) is 6.26. The van der Waals surface area contributed by atoms with Crippen LogP contribution in [-0.4, -0.2) is 50.0 Å². The Morgan fingerprint density at radius 3 is 2.37 bits per heavy atom. The van der Waals surface area contributed by atoms with Gasteiger partial charge in [0.05, 0.1) is 17.0 Å². The number of ether oxygens (including phenoxy) is 1. The molecule has 2 aromatic rings. The predicted octanol–water partition coefficient (Wildman–Crippen LogP) is 1.71. The first-order valence-electron chi connectivity index (χ1n) is 8.62. The van der Waals surface area contributed by atoms with Crippen molar-refractivity contribution < 1.29 is 28.4 Å². The van der Waals surface area contributed by atoms with Gasteiger partial charge in [0, 0.05) is 25.8 Å². The predicted molar refractivity (Wildman–Crippen MR) is 106 cm³/mol. The van der Waals surface area contributed by atoms with Crippen molar-refractivity contribution in [2.75, 3.05) is 37.5 Å². The van der Waals surface area contributed by atoms with Gasteiger partial charge < -0.3 is 20.3 Å². The minimum Gasteiger partial charge on any atom is -0.452 e. The minimum absolute atomic E-state index is 0.0887. The number of benzene rings is 2. The van der Waals surface area contributed by atoms with E-state index in [9.17, 15) is 28.9 Å². The molecule has 2 aromatic carbocycles. The van der Waals surface area contributed by atoms with Gasteiger partial charge in [-0.25, -0.2) is 9.18 Å². The van der Waals surface area contributed by atoms with Crippen LogP contribution in [0.2, 0.25) is 0 Å². The van der Waals surface area contributed by atoms with Crippen molar-refractivity contribution >= 4 is 34.8 Å². The van der Waals surface area contributed by atoms with Crippen LogP contribution in [0.5, 0.6) is 0 Å². The summed E-state index contributed by atoms with van der Waals surface area (Å²) in [6.45, 7) is -1.07. The molecule has 0 aliphatic carbocycles. The fraction of sp³-hybridized carbons (Fsp3) is 0.211. The number of halogens is 1. The maximum absolute atomic E-state index is 12.8. The fourth-order valence-electron chi connectivity index (χ4n) is 2.36. The standard InChI is InChI=1S/C19H19FN4O6/c1-23(2)15-8-3-12(9-16(15)24(28)29)19(27)30-11-18(26)21-10-17(25)22-14-6-4-13(20)5-7-14/h3-9H,10-11H2,1-2H3,(H,21,26)(H,22,25). The zero-order valence-corrected chi connectivity index (χ0v) is 16.2. The van der Waals surface area contributed by atoms with Gasteiger partial charge in [-0.3, -0.25) is 19.7 Å². The first-order valence-corrected chi connectivity index (χ1v) is 8.62. The van der Waals surface area contributed by atoms with Crippen molar-refractivity contribution in [3.63, 3.8) is 0 Å². The van der Waals surface area contributed by atoms with Gasteiger partial charge in [0.1, 0.15) is 11.5 Å². The summed E-state index contributed by atoms with van der Waals surface area (Å²) < 4.78 is 17.6. The molecule has 2 amide bonds. The number of carbonyl (C=O) groups is 3. The van der Waals surface area contributed by atoms with Crippen LogP contribution < -0.4 is 15.5 Å². The van der Waals surface area contributed by atoms with Crippen LogP contribution in [0.15, 0.2) is 42.5 Å². The van der Waals surface area contributed by atoms with E-state index in [1.165, 1.54) is 41.3 Å². The molecule has 0 aliphatic heterocycles. The molecule has 0 aromatic heterocycles. The summed E-state index contributed by atoms with van der Waals surface area (Å²) in [7, 11) is 3.24. The number of nitrogens with zero attached hydrogens (tertiary/aromatic N) is 2. The topological polar surface area (TPSA) is 131 Å². The Kier molecular flexibility index (Phi) is 7.39. The molecule has 0 heterocycles. The summed E-state index contributed by atoms with van der Waals surface area (Å²) in [6, 6.07) is 8.86. The third-order valence-electron chi connectivity index (χ3n) is 3.80. The van der Waals surface area contributed by atoms with Crippen LogP contribution in [0.4, 0.5) is 21.5 Å². The van der Waals surface area contributed by atoms with Crippen LogP contribution in [0.3, 0.4) is 0 Å². The molecule has 2 rings (SSSR count). The van der Waals surface area contributed by atoms with E-state index < -0.39 is 41.7 Å². The number of anilines is 2. The summed E-state index contributed by atoms with van der Waals surface area (Å²) >= 11 is 0. The molecule has 10 nitrogen and oxygen atoms in total. The van der Waals surface area contributed by atoms with Gasteiger partial charge in [-0.15, -0.1) is 0 Å². The second kappa shape index (κ2) is 9.96. The number of carbonyl (C=O) groups excluding carboxylic acids is 3. The zero-order chi connectivity index (χ0) is 22.3. The molecule has 0 unspecified atom stereocenters. The molecule has 11 heteroatoms. The lowest BCUT2D eigenvalue weighted by atomic mass is 10.1. The molecule has 158 valence electrons. The van der Waals surface area contributed by atoms with Gasteiger partial charge in [0.2, 0.25) is 5.91 Å². The Morgan fingerprint density at radius 1 is 1.10 bits per heavy atom. The summed E-state index contributed by atoms with van der Waals surface area (Å²) in [4.78, 5) is 47.7. The monoisotopic (exact) mass is 418 g/mol. The van der Waals surface area contributed by atoms with Gasteiger partial charge >= 0.3 is 5.97 Å². The number of esters is 1. The maximum Gasteiger partial charge on any atom is 0.338 e. The van der Waals surface area contributed by atoms with Crippen molar-refractivity contribution in [1.29, 1.82) is 0 Å². The Hall–Kier alpha value is -4.02. The number of nitro groups is 1. The average Bonchev–Trinajstić information content (AvgIpc) is 2.71. The molecule has 2 N–H and O–H groups in total. The number of amides is 2. The van der Waals surface area contributed by atoms with E-state index >= 15 is 0 Å². The van der Waals surface area contributed by atoms with Crippen molar-refractivity contribution in [2.24, 2.45) is 0 Å². The van der Waals surface area contributed by atoms with Crippen LogP contribution in [-0.2, 0) is 14.3 Å². The highest BCUT2D eigenvalue weighted by molar-refractivity contribution is 5.96. The lowest BCUT2D eigenvalue weighted by molar-refractivity contribution is -0.384. The zero-order valence-electron chi connectivity index (χ0n) is 16.2. The number of nitro benzene ring substituents is 1. The Labute approximate surface area is 170 Å². The number of rotatable bonds is 8. The van der Waals surface area contributed by atoms with Gasteiger partial charge in [-0.2, -0.15) is 0 Å². The highest BCUT2D eigenvalue weighted by Crippen LogP contribution is 2.27. The van der Waals surface area contributed by atoms with Crippen molar-refractivity contribution in [1.82, 2.24) is 5.32 Å². The van der Waals surface area contributed by atoms with E-state index in [-0.39, 0.29) is 11.3 Å². The largest absolute Gasteiger partial charge is 0.452 e. The second-order valence-corrected chi connectivity index (χ2v) is 6.26. The molecule has 0 aliphatic rings. The fourth-order valence-corrected chi connectivity index (χ4v) is 2.36. The molecule has 0 spiro atoms. The van der Waals surface area contributed by atoms with E-state index in [0.717, 1.165) is 6.07 Å². The number of hydrogen-bond donors (Lipinski definition) is 2. The molecule has 30 heavy (non-hydrogen) atoms. The molecule has 0 saturated carbocycles. The molecule has 0 bridgehead atoms. The normalized spacial score (nSPS) is 10.1. The smallest absolute Gasteiger partial charge is 0.338 e. The van der Waals surface area contributed by atoms with E-state index in [2.05, 4.69) is 10.6 Å². The molecule has 0 atom stereocenters. The number of hydrogen-bond acceptors (Lipinski definition) is 7. The average molecular weight is 418 g/mol. The van der Waals surface area contributed by atoms with E-state index in [1.54, 1.807) is 14.1 Å². The van der Waals surface area contributed by atoms with Crippen molar-refractivity contribution in [2.45, 2.75) is 0 Å². The summed E-state index contributed by atoms with van der Waals surface area (Å²) in [5.41, 5.74) is 0.289. The molecular weight excluding hydrogens is 399 g/mol. The summed E-state index contributed by atoms with van der Waals surface area (Å²) in [5.74, 6) is -2.67. The highest BCUT2D eigenvalue weighted by Gasteiger charge is 2.20. The number of nitrogens with one attached hydrogen (secondary N) is 2. The van der Waals surface area contributed by atoms with Gasteiger partial charge in [-0.1, -0.05) is 0 Å². The van der Waals surface area contributed by atoms with Gasteiger partial charge in [0.15, 0.2) is 6.61 Å². The van der Waals surface area contributed by atoms with Crippen LogP contribution in [0, 0.1) is 15.9 Å². The molecule has 0 saturated heterocycles.